The molecular formula is C24H20Cl2N8O. The third kappa shape index (κ3) is 4.69. The van der Waals surface area contributed by atoms with Crippen LogP contribution in [0.2, 0.25) is 10.2 Å². The van der Waals surface area contributed by atoms with E-state index in [0.717, 1.165) is 22.6 Å². The van der Waals surface area contributed by atoms with Crippen LogP contribution in [0.5, 0.6) is 0 Å². The molecule has 4 aromatic heterocycles. The molecule has 0 N–H and O–H groups in total. The summed E-state index contributed by atoms with van der Waals surface area (Å²) in [6.07, 6.45) is 10.6. The summed E-state index contributed by atoms with van der Waals surface area (Å²) < 4.78 is 5.26. The van der Waals surface area contributed by atoms with Crippen molar-refractivity contribution in [3.05, 3.63) is 87.8 Å². The van der Waals surface area contributed by atoms with Crippen molar-refractivity contribution in [1.82, 2.24) is 39.4 Å². The lowest BCUT2D eigenvalue weighted by molar-refractivity contribution is 0.0978. The molecule has 1 aliphatic carbocycles. The molecule has 0 bridgehead atoms. The number of rotatable bonds is 8. The van der Waals surface area contributed by atoms with Gasteiger partial charge in [0.15, 0.2) is 10.9 Å². The summed E-state index contributed by atoms with van der Waals surface area (Å²) in [5.41, 5.74) is 5.04. The van der Waals surface area contributed by atoms with Crippen LogP contribution < -0.4 is 0 Å². The molecule has 0 aliphatic heterocycles. The van der Waals surface area contributed by atoms with Crippen LogP contribution in [0.1, 0.15) is 52.5 Å². The number of fused-ring (bicyclic) bond motifs is 1. The summed E-state index contributed by atoms with van der Waals surface area (Å²) in [6.45, 7) is 0.437. The quantitative estimate of drug-likeness (QED) is 0.286. The fourth-order valence-electron chi connectivity index (χ4n) is 4.18. The minimum Gasteiger partial charge on any atom is -0.306 e. The molecular weight excluding hydrogens is 487 g/mol. The largest absolute Gasteiger partial charge is 0.306 e. The lowest BCUT2D eigenvalue weighted by atomic mass is 10.0. The average Bonchev–Trinajstić information content (AvgIpc) is 3.23. The lowest BCUT2D eigenvalue weighted by Gasteiger charge is -2.09. The van der Waals surface area contributed by atoms with E-state index in [0.29, 0.717) is 29.6 Å². The zero-order valence-electron chi connectivity index (χ0n) is 18.6. The predicted octanol–water partition coefficient (Wildman–Crippen LogP) is 4.55. The molecule has 0 unspecified atom stereocenters. The number of Topliss-reactive ketones (excluding diaryl/α,β-unsaturated/α-hetero) is 1. The number of carbonyl (C=O) groups excluding carboxylic acids is 1. The van der Waals surface area contributed by atoms with Gasteiger partial charge in [-0.25, -0.2) is 14.3 Å². The maximum absolute atomic E-state index is 12.8. The van der Waals surface area contributed by atoms with Crippen molar-refractivity contribution >= 4 is 34.6 Å². The van der Waals surface area contributed by atoms with E-state index in [-0.39, 0.29) is 17.4 Å². The van der Waals surface area contributed by atoms with Crippen LogP contribution in [0.25, 0.3) is 11.3 Å². The molecule has 0 saturated heterocycles. The van der Waals surface area contributed by atoms with Gasteiger partial charge < -0.3 is 4.40 Å². The van der Waals surface area contributed by atoms with Gasteiger partial charge in [-0.2, -0.15) is 0 Å². The number of ketones is 1. The Hall–Kier alpha value is -3.56. The first-order chi connectivity index (χ1) is 17.0. The number of pyridine rings is 1. The molecule has 1 fully saturated rings. The number of carbonyl (C=O) groups is 1. The number of hydrogen-bond donors (Lipinski definition) is 0. The molecule has 1 aliphatic rings. The molecule has 5 aromatic rings. The Morgan fingerprint density at radius 2 is 1.89 bits per heavy atom. The monoisotopic (exact) mass is 506 g/mol. The molecule has 4 heterocycles. The summed E-state index contributed by atoms with van der Waals surface area (Å²) in [7, 11) is 0. The summed E-state index contributed by atoms with van der Waals surface area (Å²) >= 11 is 12.1. The standard InChI is InChI=1S/C24H20Cl2N8O/c25-18-5-6-21(34-14-23(26)29-31-34)16(9-18)3-7-22(35)20-13-33(30-28-20)12-19-11-32-10-17(15-1-2-15)4-8-24(32)27-19/h4-6,8-11,13-15H,1-3,7,12H2. The average molecular weight is 507 g/mol. The van der Waals surface area contributed by atoms with Gasteiger partial charge in [0, 0.05) is 23.8 Å². The highest BCUT2D eigenvalue weighted by Gasteiger charge is 2.23. The van der Waals surface area contributed by atoms with Crippen molar-refractivity contribution in [2.24, 2.45) is 0 Å². The van der Waals surface area contributed by atoms with Crippen LogP contribution in [0.15, 0.2) is 55.1 Å². The molecule has 176 valence electrons. The summed E-state index contributed by atoms with van der Waals surface area (Å²) in [5.74, 6) is 0.578. The third-order valence-electron chi connectivity index (χ3n) is 6.10. The molecule has 0 radical (unpaired) electrons. The topological polar surface area (TPSA) is 95.8 Å². The number of aromatic nitrogens is 8. The van der Waals surface area contributed by atoms with Gasteiger partial charge in [-0.15, -0.1) is 10.2 Å². The molecule has 0 amide bonds. The van der Waals surface area contributed by atoms with Crippen LogP contribution in [0.4, 0.5) is 0 Å². The first-order valence-electron chi connectivity index (χ1n) is 11.3. The minimum atomic E-state index is -0.108. The molecule has 6 rings (SSSR count). The van der Waals surface area contributed by atoms with Crippen LogP contribution in [-0.4, -0.2) is 45.2 Å². The maximum atomic E-state index is 12.8. The Balaban J connectivity index is 1.14. The lowest BCUT2D eigenvalue weighted by Crippen LogP contribution is -2.06. The maximum Gasteiger partial charge on any atom is 0.185 e. The van der Waals surface area contributed by atoms with Crippen LogP contribution in [0, 0.1) is 0 Å². The van der Waals surface area contributed by atoms with E-state index >= 15 is 0 Å². The van der Waals surface area contributed by atoms with Crippen molar-refractivity contribution in [2.45, 2.75) is 38.1 Å². The fraction of sp³-hybridized carbons (Fsp3) is 0.250. The second-order valence-corrected chi connectivity index (χ2v) is 9.54. The zero-order chi connectivity index (χ0) is 23.9. The Bertz CT molecular complexity index is 1550. The van der Waals surface area contributed by atoms with Gasteiger partial charge in [0.05, 0.1) is 30.3 Å². The summed E-state index contributed by atoms with van der Waals surface area (Å²) in [6, 6.07) is 9.60. The van der Waals surface area contributed by atoms with Crippen LogP contribution >= 0.6 is 23.2 Å². The molecule has 0 atom stereocenters. The zero-order valence-corrected chi connectivity index (χ0v) is 20.1. The van der Waals surface area contributed by atoms with Gasteiger partial charge in [-0.1, -0.05) is 39.7 Å². The summed E-state index contributed by atoms with van der Waals surface area (Å²) in [5, 5.41) is 16.9. The van der Waals surface area contributed by atoms with Gasteiger partial charge in [0.1, 0.15) is 11.3 Å². The van der Waals surface area contributed by atoms with E-state index in [1.54, 1.807) is 27.8 Å². The fourth-order valence-corrected chi connectivity index (χ4v) is 4.50. The Morgan fingerprint density at radius 3 is 2.69 bits per heavy atom. The smallest absolute Gasteiger partial charge is 0.185 e. The van der Waals surface area contributed by atoms with E-state index in [2.05, 4.69) is 42.3 Å². The first-order valence-corrected chi connectivity index (χ1v) is 12.0. The molecule has 0 spiro atoms. The van der Waals surface area contributed by atoms with Crippen molar-refractivity contribution in [3.8, 4) is 5.69 Å². The van der Waals surface area contributed by atoms with Gasteiger partial charge in [-0.05, 0) is 60.6 Å². The molecule has 1 aromatic carbocycles. The number of halogens is 2. The Morgan fingerprint density at radius 1 is 1.00 bits per heavy atom. The van der Waals surface area contributed by atoms with Gasteiger partial charge in [0.25, 0.3) is 0 Å². The Labute approximate surface area is 210 Å². The van der Waals surface area contributed by atoms with E-state index in [1.807, 2.05) is 24.4 Å². The van der Waals surface area contributed by atoms with E-state index in [9.17, 15) is 4.79 Å². The van der Waals surface area contributed by atoms with Crippen molar-refractivity contribution in [1.29, 1.82) is 0 Å². The van der Waals surface area contributed by atoms with Gasteiger partial charge in [-0.3, -0.25) is 4.79 Å². The number of benzene rings is 1. The molecule has 9 nitrogen and oxygen atoms in total. The number of aryl methyl sites for hydroxylation is 1. The third-order valence-corrected chi connectivity index (χ3v) is 6.50. The van der Waals surface area contributed by atoms with Gasteiger partial charge in [0.2, 0.25) is 0 Å². The molecule has 1 saturated carbocycles. The normalized spacial score (nSPS) is 13.5. The molecule has 35 heavy (non-hydrogen) atoms. The predicted molar refractivity (Wildman–Crippen MR) is 130 cm³/mol. The Kier molecular flexibility index (Phi) is 5.58. The van der Waals surface area contributed by atoms with Crippen molar-refractivity contribution < 1.29 is 4.79 Å². The first kappa shape index (κ1) is 21.9. The molecule has 11 heteroatoms. The highest BCUT2D eigenvalue weighted by molar-refractivity contribution is 6.30. The highest BCUT2D eigenvalue weighted by Crippen LogP contribution is 2.39. The van der Waals surface area contributed by atoms with Crippen LogP contribution in [-0.2, 0) is 13.0 Å². The summed E-state index contributed by atoms with van der Waals surface area (Å²) in [4.78, 5) is 17.5. The van der Waals surface area contributed by atoms with E-state index < -0.39 is 0 Å². The van der Waals surface area contributed by atoms with Crippen molar-refractivity contribution in [3.63, 3.8) is 0 Å². The number of nitrogens with zero attached hydrogens (tertiary/aromatic N) is 8. The number of imidazole rings is 1. The van der Waals surface area contributed by atoms with Crippen molar-refractivity contribution in [2.75, 3.05) is 0 Å². The van der Waals surface area contributed by atoms with E-state index in [1.165, 1.54) is 18.4 Å². The van der Waals surface area contributed by atoms with Gasteiger partial charge >= 0.3 is 0 Å². The minimum absolute atomic E-state index is 0.108. The second-order valence-electron chi connectivity index (χ2n) is 8.72. The van der Waals surface area contributed by atoms with E-state index in [4.69, 9.17) is 23.2 Å². The SMILES string of the molecule is O=C(CCc1cc(Cl)ccc1-n1cc(Cl)nn1)c1cn(Cc2cn3cc(C4CC4)ccc3n2)nn1. The highest BCUT2D eigenvalue weighted by atomic mass is 35.5. The second kappa shape index (κ2) is 8.90. The van der Waals surface area contributed by atoms with Crippen LogP contribution in [0.3, 0.4) is 0 Å². The number of hydrogen-bond acceptors (Lipinski definition) is 6.